The second-order valence-corrected chi connectivity index (χ2v) is 6.41. The number of imide groups is 1. The highest BCUT2D eigenvalue weighted by Gasteiger charge is 2.33. The number of aryl methyl sites for hydroxylation is 1. The van der Waals surface area contributed by atoms with Gasteiger partial charge in [0.25, 0.3) is 17.7 Å². The SMILES string of the molecule is Cc1cccc(NC(=O)CNC(=O)c2ccc3c(c2)C(=O)N(C)C3=O)c1C. The Kier molecular flexibility index (Phi) is 4.77. The van der Waals surface area contributed by atoms with Crippen molar-refractivity contribution in [3.05, 3.63) is 64.2 Å². The lowest BCUT2D eigenvalue weighted by Crippen LogP contribution is -2.33. The number of rotatable bonds is 4. The number of hydrogen-bond acceptors (Lipinski definition) is 4. The first-order valence-corrected chi connectivity index (χ1v) is 8.40. The molecule has 0 aromatic heterocycles. The molecule has 1 aliphatic heterocycles. The summed E-state index contributed by atoms with van der Waals surface area (Å²) in [4.78, 5) is 49.3. The molecule has 138 valence electrons. The van der Waals surface area contributed by atoms with Crippen LogP contribution in [0.15, 0.2) is 36.4 Å². The number of benzene rings is 2. The van der Waals surface area contributed by atoms with Crippen molar-refractivity contribution in [3.63, 3.8) is 0 Å². The first kappa shape index (κ1) is 18.3. The summed E-state index contributed by atoms with van der Waals surface area (Å²) in [6, 6.07) is 9.87. The van der Waals surface area contributed by atoms with Crippen LogP contribution < -0.4 is 10.6 Å². The third-order valence-electron chi connectivity index (χ3n) is 4.64. The van der Waals surface area contributed by atoms with Crippen LogP contribution in [-0.4, -0.2) is 42.1 Å². The van der Waals surface area contributed by atoms with E-state index in [4.69, 9.17) is 0 Å². The van der Waals surface area contributed by atoms with E-state index in [-0.39, 0.29) is 29.1 Å². The molecule has 0 fully saturated rings. The quantitative estimate of drug-likeness (QED) is 0.809. The van der Waals surface area contributed by atoms with E-state index in [9.17, 15) is 19.2 Å². The van der Waals surface area contributed by atoms with Gasteiger partial charge in [0.2, 0.25) is 5.91 Å². The second-order valence-electron chi connectivity index (χ2n) is 6.41. The first-order valence-electron chi connectivity index (χ1n) is 8.40. The number of carbonyl (C=O) groups excluding carboxylic acids is 4. The third-order valence-corrected chi connectivity index (χ3v) is 4.64. The van der Waals surface area contributed by atoms with Gasteiger partial charge in [-0.1, -0.05) is 12.1 Å². The number of amides is 4. The predicted molar refractivity (Wildman–Crippen MR) is 99.7 cm³/mol. The molecule has 1 heterocycles. The molecule has 0 atom stereocenters. The Hall–Kier alpha value is -3.48. The molecule has 0 radical (unpaired) electrons. The molecule has 0 saturated heterocycles. The molecule has 27 heavy (non-hydrogen) atoms. The van der Waals surface area contributed by atoms with E-state index in [1.807, 2.05) is 26.0 Å². The zero-order chi connectivity index (χ0) is 19.7. The zero-order valence-electron chi connectivity index (χ0n) is 15.3. The molecular formula is C20H19N3O4. The molecule has 0 unspecified atom stereocenters. The van der Waals surface area contributed by atoms with Crippen molar-refractivity contribution in [1.82, 2.24) is 10.2 Å². The minimum atomic E-state index is -0.497. The van der Waals surface area contributed by atoms with Gasteiger partial charge in [0.15, 0.2) is 0 Å². The topological polar surface area (TPSA) is 95.6 Å². The zero-order valence-corrected chi connectivity index (χ0v) is 15.3. The van der Waals surface area contributed by atoms with Gasteiger partial charge in [0.05, 0.1) is 17.7 Å². The molecule has 1 aliphatic rings. The molecule has 0 saturated carbocycles. The van der Waals surface area contributed by atoms with Gasteiger partial charge < -0.3 is 10.6 Å². The Bertz CT molecular complexity index is 981. The maximum Gasteiger partial charge on any atom is 0.261 e. The van der Waals surface area contributed by atoms with Gasteiger partial charge in [0, 0.05) is 18.3 Å². The largest absolute Gasteiger partial charge is 0.343 e. The predicted octanol–water partition coefficient (Wildman–Crippen LogP) is 1.90. The van der Waals surface area contributed by atoms with Crippen LogP contribution in [0.2, 0.25) is 0 Å². The van der Waals surface area contributed by atoms with Crippen molar-refractivity contribution >= 4 is 29.3 Å². The van der Waals surface area contributed by atoms with E-state index < -0.39 is 17.7 Å². The number of hydrogen-bond donors (Lipinski definition) is 2. The van der Waals surface area contributed by atoms with Crippen LogP contribution in [0.25, 0.3) is 0 Å². The molecule has 0 spiro atoms. The van der Waals surface area contributed by atoms with Gasteiger partial charge >= 0.3 is 0 Å². The minimum Gasteiger partial charge on any atom is -0.343 e. The van der Waals surface area contributed by atoms with Gasteiger partial charge in [-0.25, -0.2) is 0 Å². The summed E-state index contributed by atoms with van der Waals surface area (Å²) in [6.45, 7) is 3.64. The average molecular weight is 365 g/mol. The van der Waals surface area contributed by atoms with E-state index in [0.29, 0.717) is 5.69 Å². The summed E-state index contributed by atoms with van der Waals surface area (Å²) in [6.07, 6.45) is 0. The Morgan fingerprint density at radius 2 is 1.70 bits per heavy atom. The molecular weight excluding hydrogens is 346 g/mol. The van der Waals surface area contributed by atoms with E-state index in [0.717, 1.165) is 16.0 Å². The number of anilines is 1. The lowest BCUT2D eigenvalue weighted by atomic mass is 10.1. The molecule has 2 aromatic rings. The molecule has 0 bridgehead atoms. The maximum absolute atomic E-state index is 12.3. The molecule has 7 heteroatoms. The van der Waals surface area contributed by atoms with E-state index >= 15 is 0 Å². The van der Waals surface area contributed by atoms with Crippen LogP contribution >= 0.6 is 0 Å². The van der Waals surface area contributed by atoms with E-state index in [2.05, 4.69) is 10.6 Å². The molecule has 0 aliphatic carbocycles. The van der Waals surface area contributed by atoms with Crippen molar-refractivity contribution in [2.24, 2.45) is 0 Å². The van der Waals surface area contributed by atoms with Gasteiger partial charge in [-0.3, -0.25) is 24.1 Å². The number of fused-ring (bicyclic) bond motifs is 1. The summed E-state index contributed by atoms with van der Waals surface area (Å²) in [5, 5.41) is 5.28. The number of nitrogens with zero attached hydrogens (tertiary/aromatic N) is 1. The highest BCUT2D eigenvalue weighted by Crippen LogP contribution is 2.22. The van der Waals surface area contributed by atoms with Crippen LogP contribution in [0, 0.1) is 13.8 Å². The fraction of sp³-hybridized carbons (Fsp3) is 0.200. The van der Waals surface area contributed by atoms with Crippen LogP contribution in [0.4, 0.5) is 5.69 Å². The Morgan fingerprint density at radius 1 is 1.00 bits per heavy atom. The Labute approximate surface area is 156 Å². The lowest BCUT2D eigenvalue weighted by molar-refractivity contribution is -0.115. The second kappa shape index (κ2) is 7.03. The fourth-order valence-corrected chi connectivity index (χ4v) is 2.85. The van der Waals surface area contributed by atoms with Crippen LogP contribution in [0.5, 0.6) is 0 Å². The minimum absolute atomic E-state index is 0.190. The highest BCUT2D eigenvalue weighted by atomic mass is 16.2. The van der Waals surface area contributed by atoms with Crippen molar-refractivity contribution in [2.75, 3.05) is 18.9 Å². The van der Waals surface area contributed by atoms with Gasteiger partial charge in [-0.15, -0.1) is 0 Å². The first-order chi connectivity index (χ1) is 12.8. The molecule has 3 rings (SSSR count). The van der Waals surface area contributed by atoms with Crippen molar-refractivity contribution in [3.8, 4) is 0 Å². The summed E-state index contributed by atoms with van der Waals surface area (Å²) in [5.41, 5.74) is 3.38. The molecule has 7 nitrogen and oxygen atoms in total. The number of carbonyl (C=O) groups is 4. The monoisotopic (exact) mass is 365 g/mol. The van der Waals surface area contributed by atoms with E-state index in [1.165, 1.54) is 25.2 Å². The van der Waals surface area contributed by atoms with Gasteiger partial charge in [-0.2, -0.15) is 0 Å². The average Bonchev–Trinajstić information content (AvgIpc) is 2.87. The van der Waals surface area contributed by atoms with Crippen LogP contribution in [-0.2, 0) is 4.79 Å². The summed E-state index contributed by atoms with van der Waals surface area (Å²) >= 11 is 0. The molecule has 2 aromatic carbocycles. The Morgan fingerprint density at radius 3 is 2.44 bits per heavy atom. The van der Waals surface area contributed by atoms with Crippen LogP contribution in [0.3, 0.4) is 0 Å². The molecule has 4 amide bonds. The van der Waals surface area contributed by atoms with Crippen molar-refractivity contribution < 1.29 is 19.2 Å². The van der Waals surface area contributed by atoms with Gasteiger partial charge in [-0.05, 0) is 49.2 Å². The normalized spacial score (nSPS) is 12.8. The van der Waals surface area contributed by atoms with E-state index in [1.54, 1.807) is 6.07 Å². The fourth-order valence-electron chi connectivity index (χ4n) is 2.85. The summed E-state index contributed by atoms with van der Waals surface area (Å²) < 4.78 is 0. The molecule has 2 N–H and O–H groups in total. The van der Waals surface area contributed by atoms with Crippen molar-refractivity contribution in [2.45, 2.75) is 13.8 Å². The Balaban J connectivity index is 1.65. The maximum atomic E-state index is 12.3. The van der Waals surface area contributed by atoms with Crippen LogP contribution in [0.1, 0.15) is 42.2 Å². The van der Waals surface area contributed by atoms with Crippen molar-refractivity contribution in [1.29, 1.82) is 0 Å². The van der Waals surface area contributed by atoms with Gasteiger partial charge in [0.1, 0.15) is 0 Å². The standard InChI is InChI=1S/C20H19N3O4/c1-11-5-4-6-16(12(11)2)22-17(24)10-21-18(25)13-7-8-14-15(9-13)20(27)23(3)19(14)26/h4-9H,10H2,1-3H3,(H,21,25)(H,22,24). The third kappa shape index (κ3) is 3.44. The summed E-state index contributed by atoms with van der Waals surface area (Å²) in [7, 11) is 1.39. The lowest BCUT2D eigenvalue weighted by Gasteiger charge is -2.11. The summed E-state index contributed by atoms with van der Waals surface area (Å²) in [5.74, 6) is -1.69. The number of nitrogens with one attached hydrogen (secondary N) is 2. The highest BCUT2D eigenvalue weighted by molar-refractivity contribution is 6.21. The smallest absolute Gasteiger partial charge is 0.261 e.